The molecule has 0 bridgehead atoms. The zero-order chi connectivity index (χ0) is 26.3. The standard InChI is InChI=1S/C36H33BN2/c1-4-5-6-7-12-23-38-30-21-14-22-31-32(30)37(35-34(38)26-16-8-10-18-27(26)36(35,2)3)28-19-13-17-25-24-15-9-11-20-29(24)39(31)33(25)28/h4-8,10,12-14,16-19,21-23H,9,11,15,20H2,1-3H3/b5-4-,7-6-,23-12+. The molecule has 190 valence electrons. The summed E-state index contributed by atoms with van der Waals surface area (Å²) in [6.45, 7) is 7.17. The fourth-order valence-corrected chi connectivity index (χ4v) is 8.04. The number of allylic oxidation sites excluding steroid dienone is 6. The molecule has 0 radical (unpaired) electrons. The van der Waals surface area contributed by atoms with Gasteiger partial charge >= 0.3 is 0 Å². The van der Waals surface area contributed by atoms with E-state index in [0.717, 1.165) is 0 Å². The molecule has 8 rings (SSSR count). The van der Waals surface area contributed by atoms with Crippen LogP contribution in [0.2, 0.25) is 0 Å². The van der Waals surface area contributed by atoms with Crippen molar-refractivity contribution in [2.75, 3.05) is 4.90 Å². The van der Waals surface area contributed by atoms with Gasteiger partial charge in [-0.15, -0.1) is 0 Å². The largest absolute Gasteiger partial charge is 0.318 e. The quantitative estimate of drug-likeness (QED) is 0.213. The van der Waals surface area contributed by atoms with Gasteiger partial charge in [-0.1, -0.05) is 92.2 Å². The van der Waals surface area contributed by atoms with Gasteiger partial charge in [0.1, 0.15) is 0 Å². The van der Waals surface area contributed by atoms with Gasteiger partial charge in [-0.05, 0) is 72.9 Å². The molecular formula is C36H33BN2. The molecule has 2 nitrogen and oxygen atoms in total. The third-order valence-electron chi connectivity index (χ3n) is 9.56. The van der Waals surface area contributed by atoms with Crippen molar-refractivity contribution in [3.05, 3.63) is 125 Å². The van der Waals surface area contributed by atoms with Crippen molar-refractivity contribution in [3.8, 4) is 5.69 Å². The minimum Gasteiger partial charge on any atom is -0.318 e. The van der Waals surface area contributed by atoms with Gasteiger partial charge in [0.2, 0.25) is 6.71 Å². The number of rotatable bonds is 3. The van der Waals surface area contributed by atoms with Crippen molar-refractivity contribution < 1.29 is 0 Å². The van der Waals surface area contributed by atoms with Gasteiger partial charge in [-0.2, -0.15) is 0 Å². The Bertz CT molecular complexity index is 1810. The van der Waals surface area contributed by atoms with Crippen molar-refractivity contribution in [3.63, 3.8) is 0 Å². The zero-order valence-electron chi connectivity index (χ0n) is 23.0. The minimum absolute atomic E-state index is 0.0786. The molecule has 0 spiro atoms. The van der Waals surface area contributed by atoms with Crippen LogP contribution < -0.4 is 15.8 Å². The zero-order valence-corrected chi connectivity index (χ0v) is 23.0. The Morgan fingerprint density at radius 1 is 0.821 bits per heavy atom. The Balaban J connectivity index is 1.48. The molecule has 4 aliphatic rings. The molecule has 39 heavy (non-hydrogen) atoms. The molecule has 0 saturated carbocycles. The van der Waals surface area contributed by atoms with E-state index in [4.69, 9.17) is 0 Å². The highest BCUT2D eigenvalue weighted by Gasteiger charge is 2.51. The fourth-order valence-electron chi connectivity index (χ4n) is 8.04. The van der Waals surface area contributed by atoms with Crippen LogP contribution in [0, 0.1) is 0 Å². The summed E-state index contributed by atoms with van der Waals surface area (Å²) >= 11 is 0. The molecule has 0 amide bonds. The third kappa shape index (κ3) is 2.94. The number of nitrogens with zero attached hydrogens (tertiary/aromatic N) is 2. The first kappa shape index (κ1) is 23.0. The molecule has 3 heteroatoms. The summed E-state index contributed by atoms with van der Waals surface area (Å²) < 4.78 is 2.66. The smallest absolute Gasteiger partial charge is 0.248 e. The number of para-hydroxylation sites is 1. The summed E-state index contributed by atoms with van der Waals surface area (Å²) in [5.41, 5.74) is 15.8. The lowest BCUT2D eigenvalue weighted by atomic mass is 9.30. The summed E-state index contributed by atoms with van der Waals surface area (Å²) in [5, 5.41) is 1.48. The van der Waals surface area contributed by atoms with E-state index in [1.165, 1.54) is 81.2 Å². The maximum Gasteiger partial charge on any atom is 0.248 e. The lowest BCUT2D eigenvalue weighted by molar-refractivity contribution is 0.664. The Hall–Kier alpha value is -3.98. The molecule has 0 N–H and O–H groups in total. The first-order valence-electron chi connectivity index (χ1n) is 14.5. The van der Waals surface area contributed by atoms with Crippen LogP contribution in [0.5, 0.6) is 0 Å². The van der Waals surface area contributed by atoms with Gasteiger partial charge in [-0.25, -0.2) is 0 Å². The van der Waals surface area contributed by atoms with Crippen LogP contribution in [0.4, 0.5) is 5.69 Å². The van der Waals surface area contributed by atoms with E-state index in [1.54, 1.807) is 11.3 Å². The van der Waals surface area contributed by atoms with Crippen molar-refractivity contribution in [2.24, 2.45) is 0 Å². The van der Waals surface area contributed by atoms with Gasteiger partial charge in [0.15, 0.2) is 0 Å². The summed E-state index contributed by atoms with van der Waals surface area (Å²) in [5.74, 6) is 0. The van der Waals surface area contributed by atoms with Crippen molar-refractivity contribution in [2.45, 2.75) is 51.9 Å². The number of hydrogen-bond acceptors (Lipinski definition) is 1. The number of aryl methyl sites for hydroxylation is 1. The maximum absolute atomic E-state index is 2.66. The normalized spacial score (nSPS) is 18.4. The lowest BCUT2D eigenvalue weighted by Gasteiger charge is -2.41. The Labute approximate surface area is 231 Å². The summed E-state index contributed by atoms with van der Waals surface area (Å²) in [6, 6.07) is 23.2. The molecule has 0 saturated heterocycles. The van der Waals surface area contributed by atoms with Gasteiger partial charge in [0.05, 0.1) is 0 Å². The monoisotopic (exact) mass is 504 g/mol. The van der Waals surface area contributed by atoms with Crippen LogP contribution >= 0.6 is 0 Å². The highest BCUT2D eigenvalue weighted by molar-refractivity contribution is 6.96. The number of aromatic nitrogens is 1. The fraction of sp³-hybridized carbons (Fsp3) is 0.222. The summed E-state index contributed by atoms with van der Waals surface area (Å²) in [7, 11) is 0. The topological polar surface area (TPSA) is 8.17 Å². The van der Waals surface area contributed by atoms with Crippen LogP contribution in [0.3, 0.4) is 0 Å². The van der Waals surface area contributed by atoms with E-state index >= 15 is 0 Å². The number of hydrogen-bond donors (Lipinski definition) is 0. The second kappa shape index (κ2) is 8.26. The Morgan fingerprint density at radius 3 is 2.51 bits per heavy atom. The van der Waals surface area contributed by atoms with E-state index in [1.807, 2.05) is 0 Å². The van der Waals surface area contributed by atoms with Gasteiger partial charge in [-0.3, -0.25) is 0 Å². The van der Waals surface area contributed by atoms with Gasteiger partial charge < -0.3 is 9.47 Å². The van der Waals surface area contributed by atoms with Crippen LogP contribution in [0.1, 0.15) is 56.0 Å². The summed E-state index contributed by atoms with van der Waals surface area (Å²) in [6.07, 6.45) is 17.8. The van der Waals surface area contributed by atoms with Gasteiger partial charge in [0.25, 0.3) is 0 Å². The number of benzene rings is 3. The van der Waals surface area contributed by atoms with Crippen molar-refractivity contribution in [1.29, 1.82) is 0 Å². The average Bonchev–Trinajstić information content (AvgIpc) is 3.42. The van der Waals surface area contributed by atoms with Crippen LogP contribution in [0.15, 0.2) is 103 Å². The van der Waals surface area contributed by atoms with E-state index in [0.29, 0.717) is 0 Å². The predicted molar refractivity (Wildman–Crippen MR) is 167 cm³/mol. The van der Waals surface area contributed by atoms with Crippen LogP contribution in [-0.4, -0.2) is 11.3 Å². The summed E-state index contributed by atoms with van der Waals surface area (Å²) in [4.78, 5) is 2.49. The maximum atomic E-state index is 2.66. The predicted octanol–water partition coefficient (Wildman–Crippen LogP) is 7.14. The molecule has 0 unspecified atom stereocenters. The van der Waals surface area contributed by atoms with E-state index in [2.05, 4.69) is 127 Å². The van der Waals surface area contributed by atoms with Gasteiger partial charge in [0, 0.05) is 50.8 Å². The average molecular weight is 504 g/mol. The highest BCUT2D eigenvalue weighted by Crippen LogP contribution is 2.52. The molecule has 3 aromatic carbocycles. The van der Waals surface area contributed by atoms with E-state index < -0.39 is 0 Å². The molecule has 0 fully saturated rings. The SMILES string of the molecule is C\C=C/C=C\C=C\N1C2=C(B3c4c1cccc4-n1c4c(c5cccc3c51)CCCC4)C(C)(C)c1ccccc12. The Kier molecular flexibility index (Phi) is 4.86. The van der Waals surface area contributed by atoms with E-state index in [-0.39, 0.29) is 12.1 Å². The number of fused-ring (bicyclic) bond motifs is 8. The molecule has 0 atom stereocenters. The lowest BCUT2D eigenvalue weighted by Crippen LogP contribution is -2.56. The van der Waals surface area contributed by atoms with Crippen LogP contribution in [-0.2, 0) is 18.3 Å². The molecular weight excluding hydrogens is 471 g/mol. The minimum atomic E-state index is -0.0786. The van der Waals surface area contributed by atoms with Crippen LogP contribution in [0.25, 0.3) is 22.3 Å². The molecule has 2 aliphatic carbocycles. The first-order chi connectivity index (χ1) is 19.1. The molecule has 1 aromatic heterocycles. The Morgan fingerprint density at radius 2 is 1.62 bits per heavy atom. The second-order valence-electron chi connectivity index (χ2n) is 11.9. The number of anilines is 1. The van der Waals surface area contributed by atoms with E-state index in [9.17, 15) is 0 Å². The first-order valence-corrected chi connectivity index (χ1v) is 14.5. The molecule has 3 heterocycles. The second-order valence-corrected chi connectivity index (χ2v) is 11.9. The van der Waals surface area contributed by atoms with Crippen molar-refractivity contribution in [1.82, 2.24) is 4.57 Å². The molecule has 2 aliphatic heterocycles. The highest BCUT2D eigenvalue weighted by atomic mass is 15.1. The van der Waals surface area contributed by atoms with Crippen molar-refractivity contribution >= 4 is 39.9 Å². The third-order valence-corrected chi connectivity index (χ3v) is 9.56. The molecule has 4 aromatic rings.